The van der Waals surface area contributed by atoms with Crippen LogP contribution in [0.1, 0.15) is 167 Å². The standard InChI is InChI=1S/C46H65NO9/c1-43(2,27-19-37(50)41(38(51)20-27)29-23-35(48)33-25-31(29)45(33,5)6)15-11-9-13-17-55-47(54)56-18-14-10-12-16-44(3,4)28-21-39(52)42(40(53)22-28)30-24-36(49)34-26-32(30)46(34,7)8/h19-22,29-34H,9-18,23-26H2,1-8H3,(H3-,50,51,52,53)/p+1/t29-,30-,31+,32+,33+,34+/m0/s1. The fourth-order valence-electron chi connectivity index (χ4n) is 11.1. The molecule has 6 atom stereocenters. The number of Topliss-reactive ketones (excluding diaryl/α,β-unsaturated/α-hetero) is 2. The third kappa shape index (κ3) is 7.87. The number of phenolic OH excluding ortho intramolecular Hbond substituents is 4. The Hall–Kier alpha value is -3.82. The molecule has 0 amide bonds. The van der Waals surface area contributed by atoms with E-state index in [1.54, 1.807) is 24.3 Å². The molecule has 4 N–H and O–H groups in total. The molecule has 308 valence electrons. The smallest absolute Gasteiger partial charge is 0.477 e. The van der Waals surface area contributed by atoms with Gasteiger partial charge in [-0.15, -0.1) is 0 Å². The van der Waals surface area contributed by atoms with Crippen LogP contribution in [0, 0.1) is 39.4 Å². The number of unbranched alkanes of at least 4 members (excludes halogenated alkanes) is 4. The molecule has 56 heavy (non-hydrogen) atoms. The first kappa shape index (κ1) is 41.8. The highest BCUT2D eigenvalue weighted by Crippen LogP contribution is 2.65. The van der Waals surface area contributed by atoms with Crippen molar-refractivity contribution < 1.29 is 44.8 Å². The summed E-state index contributed by atoms with van der Waals surface area (Å²) >= 11 is 0. The van der Waals surface area contributed by atoms with Gasteiger partial charge < -0.3 is 20.4 Å². The highest BCUT2D eigenvalue weighted by Gasteiger charge is 2.60. The van der Waals surface area contributed by atoms with Crippen molar-refractivity contribution in [2.45, 2.75) is 155 Å². The molecule has 6 saturated carbocycles. The quantitative estimate of drug-likeness (QED) is 0.0856. The van der Waals surface area contributed by atoms with Gasteiger partial charge in [0.1, 0.15) is 39.5 Å². The van der Waals surface area contributed by atoms with E-state index in [0.717, 1.165) is 62.5 Å². The highest BCUT2D eigenvalue weighted by molar-refractivity contribution is 5.87. The molecule has 10 nitrogen and oxygen atoms in total. The lowest BCUT2D eigenvalue weighted by Gasteiger charge is -2.59. The summed E-state index contributed by atoms with van der Waals surface area (Å²) in [5.74, 6) is 1.13. The average molecular weight is 777 g/mol. The van der Waals surface area contributed by atoms with Crippen LogP contribution in [0.5, 0.6) is 23.0 Å². The summed E-state index contributed by atoms with van der Waals surface area (Å²) in [4.78, 5) is 48.0. The third-order valence-corrected chi connectivity index (χ3v) is 15.1. The predicted octanol–water partition coefficient (Wildman–Crippen LogP) is 9.96. The van der Waals surface area contributed by atoms with Crippen LogP contribution in [0.25, 0.3) is 0 Å². The van der Waals surface area contributed by atoms with Crippen LogP contribution in [0.2, 0.25) is 0 Å². The van der Waals surface area contributed by atoms with Crippen molar-refractivity contribution in [1.82, 2.24) is 0 Å². The Morgan fingerprint density at radius 1 is 0.607 bits per heavy atom. The van der Waals surface area contributed by atoms with Crippen LogP contribution in [0.4, 0.5) is 0 Å². The maximum atomic E-state index is 12.7. The van der Waals surface area contributed by atoms with Crippen molar-refractivity contribution in [3.8, 4) is 23.0 Å². The van der Waals surface area contributed by atoms with E-state index in [1.165, 1.54) is 0 Å². The summed E-state index contributed by atoms with van der Waals surface area (Å²) < 4.78 is 0. The van der Waals surface area contributed by atoms with Crippen LogP contribution in [0.3, 0.4) is 0 Å². The molecule has 0 unspecified atom stereocenters. The molecule has 0 spiro atoms. The number of nitrogens with zero attached hydrogens (tertiary/aromatic N) is 1. The molecular formula is C46H66NO9+. The average Bonchev–Trinajstić information content (AvgIpc) is 3.09. The Morgan fingerprint density at radius 3 is 1.25 bits per heavy atom. The molecule has 8 rings (SSSR count). The van der Waals surface area contributed by atoms with Crippen molar-refractivity contribution in [3.63, 3.8) is 0 Å². The molecule has 4 bridgehead atoms. The molecule has 10 heteroatoms. The van der Waals surface area contributed by atoms with E-state index in [2.05, 4.69) is 55.4 Å². The number of rotatable bonds is 18. The minimum Gasteiger partial charge on any atom is -0.508 e. The van der Waals surface area contributed by atoms with E-state index >= 15 is 0 Å². The molecule has 0 saturated heterocycles. The number of carbonyl (C=O) groups excluding carboxylic acids is 2. The molecule has 6 fully saturated rings. The number of phenols is 4. The first-order valence-corrected chi connectivity index (χ1v) is 21.1. The Labute approximate surface area is 332 Å². The zero-order valence-corrected chi connectivity index (χ0v) is 35.0. The van der Waals surface area contributed by atoms with Crippen LogP contribution >= 0.6 is 0 Å². The van der Waals surface area contributed by atoms with Gasteiger partial charge in [0.05, 0.1) is 0 Å². The monoisotopic (exact) mass is 776 g/mol. The zero-order chi connectivity index (χ0) is 41.0. The van der Waals surface area contributed by atoms with Crippen molar-refractivity contribution in [1.29, 1.82) is 0 Å². The summed E-state index contributed by atoms with van der Waals surface area (Å²) in [5.41, 5.74) is 1.90. The second-order valence-electron chi connectivity index (χ2n) is 20.1. The van der Waals surface area contributed by atoms with Gasteiger partial charge in [-0.2, -0.15) is 9.68 Å². The molecule has 0 aliphatic heterocycles. The normalized spacial score (nSPS) is 26.3. The van der Waals surface area contributed by atoms with Gasteiger partial charge in [0.15, 0.2) is 13.2 Å². The topological polar surface area (TPSA) is 154 Å². The molecule has 2 aromatic rings. The van der Waals surface area contributed by atoms with E-state index in [1.807, 2.05) is 0 Å². The molecule has 0 aromatic heterocycles. The number of hydrogen-bond donors (Lipinski definition) is 4. The number of fused-ring (bicyclic) bond motifs is 4. The number of hydrogen-bond acceptors (Lipinski definition) is 9. The van der Waals surface area contributed by atoms with E-state index in [4.69, 9.17) is 9.68 Å². The number of benzene rings is 2. The van der Waals surface area contributed by atoms with E-state index in [-0.39, 0.29) is 110 Å². The molecule has 2 aromatic carbocycles. The minimum atomic E-state index is -0.302. The molecule has 0 heterocycles. The van der Waals surface area contributed by atoms with Crippen LogP contribution in [0.15, 0.2) is 24.3 Å². The van der Waals surface area contributed by atoms with Crippen molar-refractivity contribution >= 4 is 11.6 Å². The Balaban J connectivity index is 0.858. The molecular weight excluding hydrogens is 711 g/mol. The lowest BCUT2D eigenvalue weighted by molar-refractivity contribution is -0.981. The first-order chi connectivity index (χ1) is 26.2. The zero-order valence-electron chi connectivity index (χ0n) is 35.0. The summed E-state index contributed by atoms with van der Waals surface area (Å²) in [6, 6.07) is 7.03. The van der Waals surface area contributed by atoms with Crippen molar-refractivity contribution in [2.75, 3.05) is 13.2 Å². The fourth-order valence-corrected chi connectivity index (χ4v) is 11.1. The van der Waals surface area contributed by atoms with Crippen LogP contribution in [-0.2, 0) is 30.1 Å². The van der Waals surface area contributed by atoms with Crippen molar-refractivity contribution in [3.05, 3.63) is 51.4 Å². The maximum absolute atomic E-state index is 12.7. The van der Waals surface area contributed by atoms with Gasteiger partial charge in [0.25, 0.3) is 0 Å². The van der Waals surface area contributed by atoms with Gasteiger partial charge in [-0.05, 0) is 120 Å². The molecule has 6 aliphatic rings. The van der Waals surface area contributed by atoms with E-state index < -0.39 is 0 Å². The SMILES string of the molecule is CC(C)(CCCCCO[N+](=O)OCCCCCC(C)(C)c1cc(O)c([C@H]2CC(=O)[C@H]3C[C@H]2C3(C)C)c(O)c1)c1cc(O)c([C@H]2CC(=O)[C@H]3C[C@H]2C3(C)C)c(O)c1. The van der Waals surface area contributed by atoms with E-state index in [9.17, 15) is 34.9 Å². The predicted molar refractivity (Wildman–Crippen MR) is 214 cm³/mol. The van der Waals surface area contributed by atoms with Gasteiger partial charge in [0.2, 0.25) is 0 Å². The Kier molecular flexibility index (Phi) is 11.6. The number of aromatic hydroxyl groups is 4. The summed E-state index contributed by atoms with van der Waals surface area (Å²) in [5, 5.41) is 44.5. The largest absolute Gasteiger partial charge is 0.508 e. The fraction of sp³-hybridized carbons (Fsp3) is 0.696. The Morgan fingerprint density at radius 2 is 0.946 bits per heavy atom. The highest BCUT2D eigenvalue weighted by atomic mass is 17.0. The van der Waals surface area contributed by atoms with Crippen LogP contribution in [-0.4, -0.2) is 50.3 Å². The summed E-state index contributed by atoms with van der Waals surface area (Å²) in [6.07, 6.45) is 8.80. The summed E-state index contributed by atoms with van der Waals surface area (Å²) in [6.45, 7) is 17.3. The van der Waals surface area contributed by atoms with Gasteiger partial charge in [-0.25, -0.2) is 0 Å². The third-order valence-electron chi connectivity index (χ3n) is 15.1. The van der Waals surface area contributed by atoms with Gasteiger partial charge in [0, 0.05) is 47.6 Å². The lowest BCUT2D eigenvalue weighted by Crippen LogP contribution is -2.56. The maximum Gasteiger partial charge on any atom is 0.477 e. The van der Waals surface area contributed by atoms with E-state index in [0.29, 0.717) is 36.8 Å². The van der Waals surface area contributed by atoms with Gasteiger partial charge in [-0.1, -0.05) is 68.2 Å². The van der Waals surface area contributed by atoms with Gasteiger partial charge in [-0.3, -0.25) is 9.59 Å². The van der Waals surface area contributed by atoms with Crippen LogP contribution < -0.4 is 0 Å². The summed E-state index contributed by atoms with van der Waals surface area (Å²) in [7, 11) is 0. The molecule has 0 radical (unpaired) electrons. The minimum absolute atomic E-state index is 0.0681. The second kappa shape index (κ2) is 15.5. The number of carbonyl (C=O) groups is 2. The van der Waals surface area contributed by atoms with Gasteiger partial charge >= 0.3 is 5.09 Å². The first-order valence-electron chi connectivity index (χ1n) is 21.1. The second-order valence-corrected chi connectivity index (χ2v) is 20.1. The number of ketones is 2. The van der Waals surface area contributed by atoms with Crippen molar-refractivity contribution in [2.24, 2.45) is 34.5 Å². The Bertz CT molecular complexity index is 1650. The lowest BCUT2D eigenvalue weighted by atomic mass is 9.44. The molecule has 6 aliphatic carbocycles.